The molecule has 142 valence electrons. The first-order chi connectivity index (χ1) is 11.9. The minimum atomic E-state index is -3.38. The number of piperidine rings is 1. The standard InChI is InChI=1S/C15H27N5O4S/c1-18(2)25(21,22)20-9-12-4-5-13(10-20)19(8-12)11-15-16-14(17-24-15)6-7-23-3/h12-13H,4-11H2,1-3H3/t12-,13-/m0/s1. The second-order valence-corrected chi connectivity index (χ2v) is 9.12. The van der Waals surface area contributed by atoms with E-state index in [1.165, 1.54) is 4.31 Å². The number of ether oxygens (including phenoxy) is 1. The van der Waals surface area contributed by atoms with E-state index in [4.69, 9.17) is 9.26 Å². The first kappa shape index (κ1) is 18.7. The van der Waals surface area contributed by atoms with E-state index in [9.17, 15) is 8.42 Å². The van der Waals surface area contributed by atoms with Crippen molar-refractivity contribution in [1.29, 1.82) is 0 Å². The van der Waals surface area contributed by atoms with Crippen molar-refractivity contribution in [3.05, 3.63) is 11.7 Å². The normalized spacial score (nSPS) is 25.6. The van der Waals surface area contributed by atoms with Gasteiger partial charge in [-0.3, -0.25) is 4.90 Å². The highest BCUT2D eigenvalue weighted by molar-refractivity contribution is 7.86. The fourth-order valence-electron chi connectivity index (χ4n) is 3.57. The summed E-state index contributed by atoms with van der Waals surface area (Å²) >= 11 is 0. The zero-order valence-electron chi connectivity index (χ0n) is 15.1. The SMILES string of the molecule is COCCc1noc(CN2C[C@@H]3CC[C@H]2CN(S(=O)(=O)N(C)C)C3)n1. The van der Waals surface area contributed by atoms with Gasteiger partial charge in [-0.05, 0) is 18.8 Å². The van der Waals surface area contributed by atoms with Crippen molar-refractivity contribution >= 4 is 10.2 Å². The zero-order chi connectivity index (χ0) is 18.0. The van der Waals surface area contributed by atoms with Gasteiger partial charge in [0.25, 0.3) is 10.2 Å². The Hall–Kier alpha value is -1.07. The summed E-state index contributed by atoms with van der Waals surface area (Å²) in [5.74, 6) is 1.57. The van der Waals surface area contributed by atoms with Crippen molar-refractivity contribution in [3.8, 4) is 0 Å². The van der Waals surface area contributed by atoms with Gasteiger partial charge >= 0.3 is 0 Å². The van der Waals surface area contributed by atoms with Gasteiger partial charge in [0.2, 0.25) is 5.89 Å². The number of rotatable bonds is 7. The lowest BCUT2D eigenvalue weighted by atomic mass is 9.95. The van der Waals surface area contributed by atoms with Crippen LogP contribution in [0.2, 0.25) is 0 Å². The molecule has 3 saturated heterocycles. The second kappa shape index (κ2) is 7.67. The second-order valence-electron chi connectivity index (χ2n) is 6.98. The Morgan fingerprint density at radius 3 is 2.80 bits per heavy atom. The lowest BCUT2D eigenvalue weighted by Gasteiger charge is -2.35. The van der Waals surface area contributed by atoms with Crippen molar-refractivity contribution in [2.24, 2.45) is 5.92 Å². The third-order valence-corrected chi connectivity index (χ3v) is 6.83. The summed E-state index contributed by atoms with van der Waals surface area (Å²) < 4.78 is 38.3. The fraction of sp³-hybridized carbons (Fsp3) is 0.867. The molecule has 4 rings (SSSR count). The Morgan fingerprint density at radius 1 is 1.28 bits per heavy atom. The van der Waals surface area contributed by atoms with Crippen LogP contribution in [0.15, 0.2) is 4.52 Å². The predicted octanol–water partition coefficient (Wildman–Crippen LogP) is -0.0389. The van der Waals surface area contributed by atoms with Gasteiger partial charge in [0.1, 0.15) is 0 Å². The Balaban J connectivity index is 1.68. The fourth-order valence-corrected chi connectivity index (χ4v) is 4.79. The number of hydrogen-bond donors (Lipinski definition) is 0. The molecule has 0 spiro atoms. The number of hydrogen-bond acceptors (Lipinski definition) is 7. The molecule has 3 fully saturated rings. The third kappa shape index (κ3) is 4.20. The molecule has 2 atom stereocenters. The molecule has 0 N–H and O–H groups in total. The molecule has 0 aliphatic carbocycles. The number of fused-ring (bicyclic) bond motifs is 4. The summed E-state index contributed by atoms with van der Waals surface area (Å²) in [5.41, 5.74) is 0. The van der Waals surface area contributed by atoms with Gasteiger partial charge in [-0.15, -0.1) is 0 Å². The molecule has 0 radical (unpaired) electrons. The van der Waals surface area contributed by atoms with Gasteiger partial charge in [0.15, 0.2) is 5.82 Å². The average Bonchev–Trinajstić information content (AvgIpc) is 2.80. The van der Waals surface area contributed by atoms with E-state index in [-0.39, 0.29) is 6.04 Å². The van der Waals surface area contributed by atoms with Crippen LogP contribution in [0.1, 0.15) is 24.6 Å². The maximum Gasteiger partial charge on any atom is 0.281 e. The third-order valence-electron chi connectivity index (χ3n) is 4.96. The maximum absolute atomic E-state index is 12.5. The summed E-state index contributed by atoms with van der Waals surface area (Å²) in [6, 6.07) is 0.183. The van der Waals surface area contributed by atoms with Crippen molar-refractivity contribution in [2.45, 2.75) is 31.8 Å². The van der Waals surface area contributed by atoms with Crippen LogP contribution in [0.25, 0.3) is 0 Å². The van der Waals surface area contributed by atoms with E-state index in [1.807, 2.05) is 0 Å². The molecule has 0 unspecified atom stereocenters. The lowest BCUT2D eigenvalue weighted by molar-refractivity contribution is 0.111. The monoisotopic (exact) mass is 373 g/mol. The zero-order valence-corrected chi connectivity index (χ0v) is 15.9. The van der Waals surface area contributed by atoms with Crippen molar-refractivity contribution in [3.63, 3.8) is 0 Å². The Bertz CT molecular complexity index is 677. The van der Waals surface area contributed by atoms with Crippen LogP contribution >= 0.6 is 0 Å². The summed E-state index contributed by atoms with van der Waals surface area (Å²) in [7, 11) is 1.43. The van der Waals surface area contributed by atoms with Crippen LogP contribution in [0, 0.1) is 5.92 Å². The highest BCUT2D eigenvalue weighted by atomic mass is 32.2. The van der Waals surface area contributed by atoms with Gasteiger partial charge in [-0.1, -0.05) is 5.16 Å². The molecule has 0 amide bonds. The van der Waals surface area contributed by atoms with E-state index in [0.29, 0.717) is 50.3 Å². The molecular formula is C15H27N5O4S. The van der Waals surface area contributed by atoms with E-state index in [0.717, 1.165) is 19.4 Å². The van der Waals surface area contributed by atoms with E-state index in [1.54, 1.807) is 25.5 Å². The Morgan fingerprint density at radius 2 is 2.08 bits per heavy atom. The molecule has 10 heteroatoms. The summed E-state index contributed by atoms with van der Waals surface area (Å²) in [5, 5.41) is 3.98. The molecule has 2 bridgehead atoms. The largest absolute Gasteiger partial charge is 0.384 e. The van der Waals surface area contributed by atoms with Gasteiger partial charge in [0, 0.05) is 53.3 Å². The summed E-state index contributed by atoms with van der Waals surface area (Å²) in [6.45, 7) is 3.08. The maximum atomic E-state index is 12.5. The van der Waals surface area contributed by atoms with Gasteiger partial charge in [-0.25, -0.2) is 0 Å². The van der Waals surface area contributed by atoms with Crippen molar-refractivity contribution in [2.75, 3.05) is 47.4 Å². The molecule has 0 aromatic carbocycles. The molecule has 25 heavy (non-hydrogen) atoms. The lowest BCUT2D eigenvalue weighted by Crippen LogP contribution is -2.45. The smallest absolute Gasteiger partial charge is 0.281 e. The summed E-state index contributed by atoms with van der Waals surface area (Å²) in [4.78, 5) is 6.70. The van der Waals surface area contributed by atoms with E-state index >= 15 is 0 Å². The first-order valence-corrected chi connectivity index (χ1v) is 10.0. The number of aromatic nitrogens is 2. The Kier molecular flexibility index (Phi) is 5.74. The van der Waals surface area contributed by atoms with E-state index < -0.39 is 10.2 Å². The van der Waals surface area contributed by atoms with Crippen LogP contribution in [-0.4, -0.2) is 85.6 Å². The molecule has 4 heterocycles. The first-order valence-electron chi connectivity index (χ1n) is 8.62. The molecule has 1 aromatic rings. The van der Waals surface area contributed by atoms with Gasteiger partial charge < -0.3 is 9.26 Å². The van der Waals surface area contributed by atoms with Gasteiger partial charge in [-0.2, -0.15) is 22.0 Å². The van der Waals surface area contributed by atoms with Crippen LogP contribution in [-0.2, 0) is 27.9 Å². The molecule has 1 aromatic heterocycles. The van der Waals surface area contributed by atoms with Gasteiger partial charge in [0.05, 0.1) is 13.2 Å². The predicted molar refractivity (Wildman–Crippen MR) is 91.0 cm³/mol. The average molecular weight is 373 g/mol. The summed E-state index contributed by atoms with van der Waals surface area (Å²) in [6.07, 6.45) is 2.68. The minimum Gasteiger partial charge on any atom is -0.384 e. The Labute approximate surface area is 149 Å². The quantitative estimate of drug-likeness (QED) is 0.662. The topological polar surface area (TPSA) is 92.0 Å². The minimum absolute atomic E-state index is 0.183. The molecule has 3 aliphatic heterocycles. The van der Waals surface area contributed by atoms with Crippen LogP contribution in [0.4, 0.5) is 0 Å². The molecule has 9 nitrogen and oxygen atoms in total. The van der Waals surface area contributed by atoms with Crippen LogP contribution < -0.4 is 0 Å². The molecule has 3 aliphatic rings. The van der Waals surface area contributed by atoms with Crippen molar-refractivity contribution < 1.29 is 17.7 Å². The van der Waals surface area contributed by atoms with Crippen LogP contribution in [0.5, 0.6) is 0 Å². The number of methoxy groups -OCH3 is 1. The highest BCUT2D eigenvalue weighted by Gasteiger charge is 2.40. The highest BCUT2D eigenvalue weighted by Crippen LogP contribution is 2.30. The van der Waals surface area contributed by atoms with Crippen molar-refractivity contribution in [1.82, 2.24) is 23.7 Å². The number of nitrogens with zero attached hydrogens (tertiary/aromatic N) is 5. The molecular weight excluding hydrogens is 346 g/mol. The molecule has 0 saturated carbocycles. The van der Waals surface area contributed by atoms with Crippen LogP contribution in [0.3, 0.4) is 0 Å². The van der Waals surface area contributed by atoms with E-state index in [2.05, 4.69) is 15.0 Å².